The van der Waals surface area contributed by atoms with Gasteiger partial charge in [0.15, 0.2) is 5.60 Å². The second-order valence-electron chi connectivity index (χ2n) is 13.5. The number of carbonyl (C=O) groups is 1. The average molecular weight is 717 g/mol. The minimum absolute atomic E-state index is 0.130. The van der Waals surface area contributed by atoms with Crippen molar-refractivity contribution >= 4 is 33.6 Å². The Morgan fingerprint density at radius 2 is 1.58 bits per heavy atom. The van der Waals surface area contributed by atoms with Gasteiger partial charge in [-0.2, -0.15) is 0 Å². The maximum absolute atomic E-state index is 13.8. The molecular formula is C39H45ClN4O5S. The molecule has 0 fully saturated rings. The zero-order valence-electron chi connectivity index (χ0n) is 29.3. The number of halogens is 1. The molecule has 0 amide bonds. The maximum atomic E-state index is 13.8. The van der Waals surface area contributed by atoms with Crippen molar-refractivity contribution in [2.75, 3.05) is 6.54 Å². The number of nitrogens with zero attached hydrogens (tertiary/aromatic N) is 1. The zero-order valence-corrected chi connectivity index (χ0v) is 30.9. The van der Waals surface area contributed by atoms with Crippen LogP contribution < -0.4 is 20.9 Å². The van der Waals surface area contributed by atoms with Crippen LogP contribution in [-0.2, 0) is 31.6 Å². The van der Waals surface area contributed by atoms with E-state index in [1.165, 1.54) is 0 Å². The molecule has 0 saturated carbocycles. The van der Waals surface area contributed by atoms with Gasteiger partial charge in [0.1, 0.15) is 17.4 Å². The highest BCUT2D eigenvalue weighted by Gasteiger charge is 2.43. The summed E-state index contributed by atoms with van der Waals surface area (Å²) >= 11 is 6.78. The molecule has 0 spiro atoms. The fraction of sp³-hybridized carbons (Fsp3) is 0.333. The van der Waals surface area contributed by atoms with Crippen molar-refractivity contribution in [1.29, 1.82) is 0 Å². The Morgan fingerprint density at radius 1 is 0.960 bits per heavy atom. The van der Waals surface area contributed by atoms with E-state index in [1.54, 1.807) is 19.9 Å². The van der Waals surface area contributed by atoms with E-state index in [9.17, 15) is 13.2 Å². The number of benzene rings is 4. The molecule has 9 nitrogen and oxygen atoms in total. The average Bonchev–Trinajstić information content (AvgIpc) is 3.41. The Morgan fingerprint density at radius 3 is 2.24 bits per heavy atom. The molecule has 0 bridgehead atoms. The van der Waals surface area contributed by atoms with E-state index in [1.807, 2.05) is 100 Å². The summed E-state index contributed by atoms with van der Waals surface area (Å²) in [7, 11) is -4.05. The van der Waals surface area contributed by atoms with Gasteiger partial charge >= 0.3 is 5.97 Å². The Balaban J connectivity index is 1.31. The highest BCUT2D eigenvalue weighted by atomic mass is 35.5. The second kappa shape index (κ2) is 14.5. The molecule has 0 saturated heterocycles. The molecular weight excluding hydrogens is 672 g/mol. The first kappa shape index (κ1) is 36.9. The van der Waals surface area contributed by atoms with E-state index in [0.717, 1.165) is 22.4 Å². The number of aryl methyl sites for hydroxylation is 1. The number of nitrogens with one attached hydrogen (secondary N) is 1. The fourth-order valence-electron chi connectivity index (χ4n) is 6.58. The van der Waals surface area contributed by atoms with Crippen LogP contribution in [0.2, 0.25) is 5.02 Å². The maximum Gasteiger partial charge on any atom is 0.324 e. The minimum Gasteiger partial charge on any atom is -0.487 e. The SMILES string of the molecule is Cc1ccc(C(OC(=O)[C@@H](N)CCCN=C(N)NS(=O)(=O)c2c(C)c(C)c3c(c2C)CC(C)(C)O3)(c2ccccc2)c2ccccc2Cl)cc1. The van der Waals surface area contributed by atoms with Crippen LogP contribution >= 0.6 is 11.6 Å². The number of guanidine groups is 1. The number of ether oxygens (including phenoxy) is 2. The second-order valence-corrected chi connectivity index (χ2v) is 15.5. The Hall–Kier alpha value is -4.38. The molecule has 0 aromatic heterocycles. The number of carbonyl (C=O) groups excluding carboxylic acids is 1. The molecule has 1 aliphatic rings. The monoisotopic (exact) mass is 716 g/mol. The van der Waals surface area contributed by atoms with Crippen molar-refractivity contribution in [1.82, 2.24) is 4.72 Å². The summed E-state index contributed by atoms with van der Waals surface area (Å²) < 4.78 is 42.1. The van der Waals surface area contributed by atoms with Gasteiger partial charge in [0.25, 0.3) is 10.0 Å². The predicted molar refractivity (Wildman–Crippen MR) is 198 cm³/mol. The number of rotatable bonds is 11. The molecule has 1 aliphatic heterocycles. The quantitative estimate of drug-likeness (QED) is 0.0527. The van der Waals surface area contributed by atoms with Gasteiger partial charge in [-0.15, -0.1) is 0 Å². The van der Waals surface area contributed by atoms with Gasteiger partial charge in [-0.3, -0.25) is 9.79 Å². The fourth-order valence-corrected chi connectivity index (χ4v) is 8.38. The summed E-state index contributed by atoms with van der Waals surface area (Å²) in [6.45, 7) is 11.5. The van der Waals surface area contributed by atoms with Crippen molar-refractivity contribution in [3.05, 3.63) is 128 Å². The predicted octanol–water partition coefficient (Wildman–Crippen LogP) is 6.52. The summed E-state index contributed by atoms with van der Waals surface area (Å²) in [5.41, 5.74) is 16.6. The Labute approximate surface area is 300 Å². The van der Waals surface area contributed by atoms with Gasteiger partial charge in [0.2, 0.25) is 5.96 Å². The summed E-state index contributed by atoms with van der Waals surface area (Å²) in [6.07, 6.45) is 1.15. The van der Waals surface area contributed by atoms with Crippen molar-refractivity contribution in [2.45, 2.75) is 82.9 Å². The number of hydrogen-bond acceptors (Lipinski definition) is 7. The van der Waals surface area contributed by atoms with E-state index in [4.69, 9.17) is 32.5 Å². The summed E-state index contributed by atoms with van der Waals surface area (Å²) in [5.74, 6) is -0.139. The van der Waals surface area contributed by atoms with Crippen LogP contribution in [0.15, 0.2) is 88.8 Å². The lowest BCUT2D eigenvalue weighted by molar-refractivity contribution is -0.155. The molecule has 0 aliphatic carbocycles. The molecule has 1 heterocycles. The summed E-state index contributed by atoms with van der Waals surface area (Å²) in [6, 6.07) is 23.4. The number of hydrogen-bond donors (Lipinski definition) is 3. The first-order valence-corrected chi connectivity index (χ1v) is 18.4. The third kappa shape index (κ3) is 7.38. The number of nitrogens with two attached hydrogens (primary N) is 2. The smallest absolute Gasteiger partial charge is 0.324 e. The van der Waals surface area contributed by atoms with Crippen molar-refractivity contribution in [3.8, 4) is 5.75 Å². The highest BCUT2D eigenvalue weighted by Crippen LogP contribution is 2.45. The van der Waals surface area contributed by atoms with Gasteiger partial charge in [-0.05, 0) is 77.1 Å². The molecule has 1 unspecified atom stereocenters. The standard InChI is InChI=1S/C39H45ClN4O5S/c1-24-18-20-29(21-19-24)39(28-13-8-7-9-14-28,31-15-10-11-16-32(31)40)49-36(45)33(41)17-12-22-43-37(42)44-50(46,47)35-26(3)25(2)34-30(27(35)4)23-38(5,6)48-34/h7-11,13-16,18-21,33H,12,17,22-23,41H2,1-6H3,(H3,42,43,44)/t33-,39?/m0/s1. The van der Waals surface area contributed by atoms with Crippen molar-refractivity contribution in [2.24, 2.45) is 16.5 Å². The van der Waals surface area contributed by atoms with Crippen LogP contribution in [0.5, 0.6) is 5.75 Å². The van der Waals surface area contributed by atoms with Crippen LogP contribution in [-0.4, -0.2) is 38.5 Å². The van der Waals surface area contributed by atoms with Crippen LogP contribution in [0.3, 0.4) is 0 Å². The van der Waals surface area contributed by atoms with Crippen molar-refractivity contribution < 1.29 is 22.7 Å². The third-order valence-corrected chi connectivity index (χ3v) is 11.2. The summed E-state index contributed by atoms with van der Waals surface area (Å²) in [4.78, 5) is 18.2. The van der Waals surface area contributed by atoms with E-state index >= 15 is 0 Å². The van der Waals surface area contributed by atoms with Crippen LogP contribution in [0.25, 0.3) is 0 Å². The van der Waals surface area contributed by atoms with E-state index in [0.29, 0.717) is 45.7 Å². The lowest BCUT2D eigenvalue weighted by Gasteiger charge is -2.36. The molecule has 4 aromatic carbocycles. The first-order valence-electron chi connectivity index (χ1n) is 16.6. The van der Waals surface area contributed by atoms with E-state index < -0.39 is 33.2 Å². The Bertz CT molecular complexity index is 2030. The molecule has 50 heavy (non-hydrogen) atoms. The normalized spacial score (nSPS) is 15.8. The van der Waals surface area contributed by atoms with E-state index in [-0.39, 0.29) is 23.8 Å². The van der Waals surface area contributed by atoms with Gasteiger partial charge in [-0.25, -0.2) is 13.1 Å². The molecule has 5 N–H and O–H groups in total. The molecule has 264 valence electrons. The van der Waals surface area contributed by atoms with Crippen LogP contribution in [0.1, 0.15) is 71.2 Å². The van der Waals surface area contributed by atoms with Crippen LogP contribution in [0, 0.1) is 27.7 Å². The molecule has 0 radical (unpaired) electrons. The third-order valence-electron chi connectivity index (χ3n) is 9.20. The highest BCUT2D eigenvalue weighted by molar-refractivity contribution is 7.90. The van der Waals surface area contributed by atoms with Crippen LogP contribution in [0.4, 0.5) is 0 Å². The van der Waals surface area contributed by atoms with Crippen molar-refractivity contribution in [3.63, 3.8) is 0 Å². The van der Waals surface area contributed by atoms with Gasteiger partial charge in [0, 0.05) is 40.2 Å². The largest absolute Gasteiger partial charge is 0.487 e. The molecule has 4 aromatic rings. The number of aliphatic imine (C=N–C) groups is 1. The van der Waals surface area contributed by atoms with Gasteiger partial charge < -0.3 is 20.9 Å². The van der Waals surface area contributed by atoms with Gasteiger partial charge in [-0.1, -0.05) is 90.0 Å². The lowest BCUT2D eigenvalue weighted by Crippen LogP contribution is -2.42. The van der Waals surface area contributed by atoms with E-state index in [2.05, 4.69) is 9.71 Å². The number of sulfonamides is 1. The molecule has 2 atom stereocenters. The number of fused-ring (bicyclic) bond motifs is 1. The topological polar surface area (TPSA) is 146 Å². The Kier molecular flexibility index (Phi) is 10.7. The zero-order chi connectivity index (χ0) is 36.4. The number of esters is 1. The first-order chi connectivity index (χ1) is 23.6. The minimum atomic E-state index is -4.05. The molecule has 5 rings (SSSR count). The molecule has 11 heteroatoms. The lowest BCUT2D eigenvalue weighted by atomic mass is 9.79. The van der Waals surface area contributed by atoms with Gasteiger partial charge in [0.05, 0.1) is 4.90 Å². The summed E-state index contributed by atoms with van der Waals surface area (Å²) in [5, 5.41) is 0.433.